The van der Waals surface area contributed by atoms with Crippen molar-refractivity contribution in [3.63, 3.8) is 0 Å². The average molecular weight is 623 g/mol. The summed E-state index contributed by atoms with van der Waals surface area (Å²) in [5.74, 6) is 6.42. The van der Waals surface area contributed by atoms with E-state index in [0.29, 0.717) is 18.8 Å². The quantitative estimate of drug-likeness (QED) is 0.272. The lowest BCUT2D eigenvalue weighted by atomic mass is 9.30. The lowest BCUT2D eigenvalue weighted by Gasteiger charge is -2.73. The van der Waals surface area contributed by atoms with Crippen LogP contribution in [-0.4, -0.2) is 62.3 Å². The molecule has 5 N–H and O–H groups in total. The monoisotopic (exact) mass is 622 g/mol. The SMILES string of the molecule is C[C@]12CCC#C[C@H](O)[C@]3(CC1)[C@H](C2)C1=CC(=O)[C@@H]2[C@@]4(C5CCCCC5)CC[C@H](O)[C@@](C)([C@H](O)CO)[C@H]4CC[C@@]2(C)[C@]1(C)C[C@@H]3O. The molecule has 5 saturated carbocycles. The predicted octanol–water partition coefficient (Wildman–Crippen LogP) is 5.33. The summed E-state index contributed by atoms with van der Waals surface area (Å²) in [6.07, 6.45) is 11.7. The molecule has 5 fully saturated rings. The summed E-state index contributed by atoms with van der Waals surface area (Å²) in [6, 6.07) is 0. The topological polar surface area (TPSA) is 118 Å². The molecule has 250 valence electrons. The Balaban J connectivity index is 1.42. The first-order chi connectivity index (χ1) is 21.2. The van der Waals surface area contributed by atoms with Gasteiger partial charge in [-0.05, 0) is 116 Å². The van der Waals surface area contributed by atoms with Gasteiger partial charge >= 0.3 is 0 Å². The van der Waals surface area contributed by atoms with Crippen LogP contribution < -0.4 is 0 Å². The number of hydrogen-bond acceptors (Lipinski definition) is 6. The fourth-order valence-corrected chi connectivity index (χ4v) is 13.8. The van der Waals surface area contributed by atoms with E-state index < -0.39 is 58.1 Å². The number of hydrogen-bond donors (Lipinski definition) is 5. The van der Waals surface area contributed by atoms with E-state index in [9.17, 15) is 25.5 Å². The standard InChI is InChI=1S/C39H58O6/c1-34-15-9-8-12-30(43)39(19-18-34)26(21-34)25-20-27(41)33-35(2,36(25,3)22-31(39)44)16-13-28-37(4,32(45)23-40)29(42)14-17-38(28,33)24-10-6-5-7-11-24/h20,24,26,28-33,40,42-45H,5-7,9-11,13-19,21-23H2,1-4H3/t26-,28-,29+,30+,31+,32-,33+,34+,35-,36-,37+,38-,39+/m1/s1. The van der Waals surface area contributed by atoms with E-state index in [0.717, 1.165) is 82.6 Å². The number of rotatable bonds is 3. The van der Waals surface area contributed by atoms with E-state index in [-0.39, 0.29) is 29.0 Å². The van der Waals surface area contributed by atoms with Crippen molar-refractivity contribution in [2.24, 2.45) is 56.2 Å². The van der Waals surface area contributed by atoms with Gasteiger partial charge in [-0.3, -0.25) is 4.79 Å². The van der Waals surface area contributed by atoms with Crippen molar-refractivity contribution in [2.75, 3.05) is 6.61 Å². The van der Waals surface area contributed by atoms with E-state index in [4.69, 9.17) is 0 Å². The highest BCUT2D eigenvalue weighted by atomic mass is 16.3. The Morgan fingerprint density at radius 1 is 0.867 bits per heavy atom. The van der Waals surface area contributed by atoms with Crippen LogP contribution in [0.25, 0.3) is 0 Å². The van der Waals surface area contributed by atoms with Gasteiger partial charge in [0.1, 0.15) is 6.10 Å². The van der Waals surface area contributed by atoms with Crippen molar-refractivity contribution in [3.05, 3.63) is 11.6 Å². The Morgan fingerprint density at radius 2 is 1.60 bits per heavy atom. The second kappa shape index (κ2) is 10.6. The molecular formula is C39H58O6. The first-order valence-corrected chi connectivity index (χ1v) is 18.3. The van der Waals surface area contributed by atoms with Gasteiger partial charge in [-0.2, -0.15) is 0 Å². The number of ketones is 1. The van der Waals surface area contributed by atoms with Gasteiger partial charge in [0.15, 0.2) is 5.78 Å². The summed E-state index contributed by atoms with van der Waals surface area (Å²) in [7, 11) is 0. The van der Waals surface area contributed by atoms with Gasteiger partial charge in [-0.15, -0.1) is 5.92 Å². The average Bonchev–Trinajstić information content (AvgIpc) is 3.11. The Hall–Kier alpha value is -1.23. The molecule has 0 aliphatic heterocycles. The molecule has 6 nitrogen and oxygen atoms in total. The maximum absolute atomic E-state index is 15.2. The third-order valence-corrected chi connectivity index (χ3v) is 16.5. The van der Waals surface area contributed by atoms with E-state index in [1.165, 1.54) is 6.42 Å². The number of carbonyl (C=O) groups excluding carboxylic acids is 1. The summed E-state index contributed by atoms with van der Waals surface area (Å²) in [6.45, 7) is 8.58. The highest BCUT2D eigenvalue weighted by Gasteiger charge is 2.75. The zero-order valence-electron chi connectivity index (χ0n) is 28.2. The molecule has 1 spiro atoms. The van der Waals surface area contributed by atoms with E-state index in [2.05, 4.69) is 32.6 Å². The number of allylic oxidation sites excluding steroid dienone is 2. The molecule has 2 bridgehead atoms. The van der Waals surface area contributed by atoms with Crippen LogP contribution >= 0.6 is 0 Å². The molecular weight excluding hydrogens is 564 g/mol. The van der Waals surface area contributed by atoms with Crippen LogP contribution in [0.2, 0.25) is 0 Å². The Kier molecular flexibility index (Phi) is 7.64. The summed E-state index contributed by atoms with van der Waals surface area (Å²) < 4.78 is 0. The van der Waals surface area contributed by atoms with E-state index >= 15 is 4.79 Å². The number of fused-ring (bicyclic) bond motifs is 9. The molecule has 0 aromatic carbocycles. The molecule has 45 heavy (non-hydrogen) atoms. The molecule has 0 unspecified atom stereocenters. The van der Waals surface area contributed by atoms with E-state index in [1.807, 2.05) is 13.0 Å². The van der Waals surface area contributed by atoms with Gasteiger partial charge in [-0.1, -0.05) is 58.5 Å². The number of carbonyl (C=O) groups is 1. The molecule has 0 amide bonds. The van der Waals surface area contributed by atoms with Crippen molar-refractivity contribution < 1.29 is 30.3 Å². The zero-order valence-corrected chi connectivity index (χ0v) is 28.2. The largest absolute Gasteiger partial charge is 0.394 e. The first kappa shape index (κ1) is 32.3. The molecule has 0 radical (unpaired) electrons. The van der Waals surface area contributed by atoms with Crippen LogP contribution in [0.5, 0.6) is 0 Å². The van der Waals surface area contributed by atoms with Crippen molar-refractivity contribution in [1.29, 1.82) is 0 Å². The maximum Gasteiger partial charge on any atom is 0.159 e. The van der Waals surface area contributed by atoms with Gasteiger partial charge in [0.25, 0.3) is 0 Å². The summed E-state index contributed by atoms with van der Waals surface area (Å²) in [5.41, 5.74) is -1.72. The van der Waals surface area contributed by atoms with Gasteiger partial charge in [-0.25, -0.2) is 0 Å². The summed E-state index contributed by atoms with van der Waals surface area (Å²) in [4.78, 5) is 15.2. The lowest BCUT2D eigenvalue weighted by Crippen LogP contribution is -2.72. The maximum atomic E-state index is 15.2. The molecule has 0 heterocycles. The molecule has 0 aromatic heterocycles. The third kappa shape index (κ3) is 4.03. The van der Waals surface area contributed by atoms with Gasteiger partial charge < -0.3 is 25.5 Å². The molecule has 8 aliphatic carbocycles. The molecule has 6 heteroatoms. The molecule has 8 rings (SSSR count). The predicted molar refractivity (Wildman–Crippen MR) is 172 cm³/mol. The van der Waals surface area contributed by atoms with Crippen molar-refractivity contribution >= 4 is 5.78 Å². The molecule has 8 aliphatic rings. The fraction of sp³-hybridized carbons (Fsp3) is 0.872. The first-order valence-electron chi connectivity index (χ1n) is 18.3. The van der Waals surface area contributed by atoms with Crippen LogP contribution in [-0.2, 0) is 4.79 Å². The highest BCUT2D eigenvalue weighted by Crippen LogP contribution is 2.77. The minimum Gasteiger partial charge on any atom is -0.394 e. The third-order valence-electron chi connectivity index (χ3n) is 16.5. The molecule has 0 aromatic rings. The molecule has 0 saturated heterocycles. The van der Waals surface area contributed by atoms with Crippen LogP contribution in [0.4, 0.5) is 0 Å². The van der Waals surface area contributed by atoms with Gasteiger partial charge in [0, 0.05) is 23.2 Å². The van der Waals surface area contributed by atoms with E-state index in [1.54, 1.807) is 0 Å². The van der Waals surface area contributed by atoms with Crippen molar-refractivity contribution in [2.45, 2.75) is 148 Å². The van der Waals surface area contributed by atoms with Gasteiger partial charge in [0.05, 0.1) is 24.9 Å². The lowest BCUT2D eigenvalue weighted by molar-refractivity contribution is -0.259. The van der Waals surface area contributed by atoms with Crippen molar-refractivity contribution in [1.82, 2.24) is 0 Å². The second-order valence-corrected chi connectivity index (χ2v) is 18.0. The summed E-state index contributed by atoms with van der Waals surface area (Å²) >= 11 is 0. The van der Waals surface area contributed by atoms with Crippen molar-refractivity contribution in [3.8, 4) is 11.8 Å². The molecule has 13 atom stereocenters. The Labute approximate surface area is 270 Å². The fourth-order valence-electron chi connectivity index (χ4n) is 13.8. The minimum absolute atomic E-state index is 0.0508. The second-order valence-electron chi connectivity index (χ2n) is 18.0. The number of aliphatic hydroxyl groups is 5. The van der Waals surface area contributed by atoms with Crippen LogP contribution in [0.1, 0.15) is 124 Å². The van der Waals surface area contributed by atoms with Crippen LogP contribution in [0, 0.1) is 68.0 Å². The highest BCUT2D eigenvalue weighted by molar-refractivity contribution is 5.96. The van der Waals surface area contributed by atoms with Crippen LogP contribution in [0.3, 0.4) is 0 Å². The number of aliphatic hydroxyl groups excluding tert-OH is 5. The Bertz CT molecular complexity index is 1300. The normalized spacial score (nSPS) is 53.6. The van der Waals surface area contributed by atoms with Crippen LogP contribution in [0.15, 0.2) is 11.6 Å². The Morgan fingerprint density at radius 3 is 2.31 bits per heavy atom. The van der Waals surface area contributed by atoms with Gasteiger partial charge in [0.2, 0.25) is 0 Å². The minimum atomic E-state index is -1.06. The summed E-state index contributed by atoms with van der Waals surface area (Å²) in [5, 5.41) is 57.3. The smallest absolute Gasteiger partial charge is 0.159 e. The zero-order chi connectivity index (χ0) is 32.2.